The van der Waals surface area contributed by atoms with Gasteiger partial charge in [0.25, 0.3) is 5.56 Å². The second kappa shape index (κ2) is 6.48. The van der Waals surface area contributed by atoms with Crippen LogP contribution in [-0.2, 0) is 6.54 Å². The smallest absolute Gasteiger partial charge is 0.309 e. The number of para-hydroxylation sites is 1. The number of hydrogen-bond donors (Lipinski definition) is 1. The van der Waals surface area contributed by atoms with Gasteiger partial charge in [0.2, 0.25) is 0 Å². The van der Waals surface area contributed by atoms with Crippen molar-refractivity contribution in [1.29, 1.82) is 0 Å². The molecule has 2 aromatic carbocycles. The maximum Gasteiger partial charge on any atom is 0.349 e. The lowest BCUT2D eigenvalue weighted by molar-refractivity contribution is 0.706. The van der Waals surface area contributed by atoms with Crippen molar-refractivity contribution >= 4 is 10.9 Å². The van der Waals surface area contributed by atoms with Crippen LogP contribution in [0.5, 0.6) is 0 Å². The molecule has 4 aromatic rings. The lowest BCUT2D eigenvalue weighted by Gasteiger charge is -2.15. The first-order valence-corrected chi connectivity index (χ1v) is 9.76. The van der Waals surface area contributed by atoms with Crippen molar-refractivity contribution in [2.45, 2.75) is 32.2 Å². The summed E-state index contributed by atoms with van der Waals surface area (Å²) in [6.45, 7) is 2.51. The zero-order valence-corrected chi connectivity index (χ0v) is 16.0. The van der Waals surface area contributed by atoms with Gasteiger partial charge in [0.05, 0.1) is 16.9 Å². The van der Waals surface area contributed by atoms with Gasteiger partial charge in [0.15, 0.2) is 0 Å². The fraction of sp³-hybridized carbons (Fsp3) is 0.227. The molecule has 0 aliphatic heterocycles. The number of pyridine rings is 1. The lowest BCUT2D eigenvalue weighted by atomic mass is 10.0. The molecule has 7 heteroatoms. The van der Waals surface area contributed by atoms with Gasteiger partial charge in [-0.25, -0.2) is 9.59 Å². The van der Waals surface area contributed by atoms with E-state index >= 15 is 0 Å². The SMILES string of the molecule is CCn1c(=O)cc(C2CC2)c2cc(-n3c(=O)[nH]c(=O)n3-c3ccccc3)ccc21. The maximum absolute atomic E-state index is 12.6. The van der Waals surface area contributed by atoms with Crippen molar-refractivity contribution in [3.05, 3.63) is 91.5 Å². The average molecular weight is 388 g/mol. The van der Waals surface area contributed by atoms with E-state index in [1.54, 1.807) is 28.8 Å². The first kappa shape index (κ1) is 17.5. The Morgan fingerprint density at radius 3 is 2.24 bits per heavy atom. The van der Waals surface area contributed by atoms with E-state index in [1.807, 2.05) is 37.3 Å². The molecular weight excluding hydrogens is 368 g/mol. The molecule has 0 amide bonds. The first-order chi connectivity index (χ1) is 14.1. The summed E-state index contributed by atoms with van der Waals surface area (Å²) in [5.74, 6) is 0.381. The molecule has 1 N–H and O–H groups in total. The van der Waals surface area contributed by atoms with E-state index in [0.29, 0.717) is 23.8 Å². The Kier molecular flexibility index (Phi) is 3.91. The van der Waals surface area contributed by atoms with Crippen molar-refractivity contribution in [2.24, 2.45) is 0 Å². The van der Waals surface area contributed by atoms with E-state index in [1.165, 1.54) is 9.36 Å². The van der Waals surface area contributed by atoms with Crippen LogP contribution >= 0.6 is 0 Å². The Balaban J connectivity index is 1.81. The Hall–Kier alpha value is -3.61. The predicted molar refractivity (Wildman–Crippen MR) is 111 cm³/mol. The van der Waals surface area contributed by atoms with Crippen molar-refractivity contribution in [2.75, 3.05) is 0 Å². The molecule has 146 valence electrons. The van der Waals surface area contributed by atoms with Crippen LogP contribution in [0.25, 0.3) is 22.3 Å². The minimum atomic E-state index is -0.505. The second-order valence-corrected chi connectivity index (χ2v) is 7.35. The molecule has 1 aliphatic rings. The van der Waals surface area contributed by atoms with Crippen molar-refractivity contribution < 1.29 is 0 Å². The highest BCUT2D eigenvalue weighted by Crippen LogP contribution is 2.42. The molecule has 0 atom stereocenters. The van der Waals surface area contributed by atoms with Crippen LogP contribution in [0.15, 0.2) is 69.0 Å². The molecular formula is C22H20N4O3. The second-order valence-electron chi connectivity index (χ2n) is 7.35. The molecule has 1 fully saturated rings. The van der Waals surface area contributed by atoms with Crippen LogP contribution in [0.3, 0.4) is 0 Å². The molecule has 5 rings (SSSR count). The molecule has 2 aromatic heterocycles. The molecule has 1 aliphatic carbocycles. The highest BCUT2D eigenvalue weighted by molar-refractivity contribution is 5.85. The number of benzene rings is 2. The first-order valence-electron chi connectivity index (χ1n) is 9.76. The van der Waals surface area contributed by atoms with Gasteiger partial charge in [0.1, 0.15) is 0 Å². The summed E-state index contributed by atoms with van der Waals surface area (Å²) < 4.78 is 4.40. The van der Waals surface area contributed by atoms with Gasteiger partial charge in [0, 0.05) is 18.0 Å². The summed E-state index contributed by atoms with van der Waals surface area (Å²) in [6, 6.07) is 16.3. The van der Waals surface area contributed by atoms with E-state index in [-0.39, 0.29) is 5.56 Å². The minimum Gasteiger partial charge on any atom is -0.309 e. The quantitative estimate of drug-likeness (QED) is 0.583. The Morgan fingerprint density at radius 1 is 0.897 bits per heavy atom. The minimum absolute atomic E-state index is 0.00495. The highest BCUT2D eigenvalue weighted by atomic mass is 16.2. The number of aromatic nitrogens is 4. The third-order valence-corrected chi connectivity index (χ3v) is 5.50. The molecule has 0 unspecified atom stereocenters. The van der Waals surface area contributed by atoms with E-state index in [0.717, 1.165) is 29.3 Å². The van der Waals surface area contributed by atoms with Crippen molar-refractivity contribution in [3.63, 3.8) is 0 Å². The number of rotatable bonds is 4. The predicted octanol–water partition coefficient (Wildman–Crippen LogP) is 2.53. The van der Waals surface area contributed by atoms with Gasteiger partial charge in [-0.05, 0) is 61.6 Å². The summed E-state index contributed by atoms with van der Waals surface area (Å²) in [5, 5.41) is 0.951. The van der Waals surface area contributed by atoms with Gasteiger partial charge in [-0.2, -0.15) is 9.36 Å². The number of aryl methyl sites for hydroxylation is 1. The largest absolute Gasteiger partial charge is 0.349 e. The number of H-pyrrole nitrogens is 1. The number of nitrogens with zero attached hydrogens (tertiary/aromatic N) is 3. The maximum atomic E-state index is 12.6. The fourth-order valence-corrected chi connectivity index (χ4v) is 4.00. The third-order valence-electron chi connectivity index (χ3n) is 5.50. The van der Waals surface area contributed by atoms with Crippen LogP contribution in [0, 0.1) is 0 Å². The Bertz CT molecular complexity index is 1400. The third kappa shape index (κ3) is 2.77. The summed E-state index contributed by atoms with van der Waals surface area (Å²) in [4.78, 5) is 40.0. The zero-order chi connectivity index (χ0) is 20.1. The molecule has 2 heterocycles. The van der Waals surface area contributed by atoms with E-state index in [2.05, 4.69) is 4.98 Å². The summed E-state index contributed by atoms with van der Waals surface area (Å²) >= 11 is 0. The molecule has 1 saturated carbocycles. The van der Waals surface area contributed by atoms with Gasteiger partial charge < -0.3 is 4.57 Å². The van der Waals surface area contributed by atoms with Gasteiger partial charge in [-0.1, -0.05) is 18.2 Å². The zero-order valence-electron chi connectivity index (χ0n) is 16.0. The normalized spacial score (nSPS) is 13.8. The van der Waals surface area contributed by atoms with Crippen molar-refractivity contribution in [3.8, 4) is 11.4 Å². The summed E-state index contributed by atoms with van der Waals surface area (Å²) in [7, 11) is 0. The van der Waals surface area contributed by atoms with Crippen LogP contribution in [-0.4, -0.2) is 18.9 Å². The molecule has 0 spiro atoms. The molecule has 0 saturated heterocycles. The Labute approximate surface area is 165 Å². The van der Waals surface area contributed by atoms with E-state index < -0.39 is 11.4 Å². The standard InChI is InChI=1S/C22H20N4O3/c1-2-24-19-11-10-16(12-18(19)17(13-20(24)27)14-8-9-14)26-22(29)23-21(28)25(26)15-6-4-3-5-7-15/h3-7,10-14H,2,8-9H2,1H3,(H,23,28,29). The number of aromatic amines is 1. The topological polar surface area (TPSA) is 81.8 Å². The molecule has 29 heavy (non-hydrogen) atoms. The van der Waals surface area contributed by atoms with Gasteiger partial charge >= 0.3 is 11.4 Å². The van der Waals surface area contributed by atoms with E-state index in [9.17, 15) is 14.4 Å². The number of fused-ring (bicyclic) bond motifs is 1. The number of hydrogen-bond acceptors (Lipinski definition) is 3. The Morgan fingerprint density at radius 2 is 1.59 bits per heavy atom. The molecule has 0 bridgehead atoms. The van der Waals surface area contributed by atoms with Crippen LogP contribution in [0.2, 0.25) is 0 Å². The van der Waals surface area contributed by atoms with E-state index in [4.69, 9.17) is 0 Å². The average Bonchev–Trinajstić information content (AvgIpc) is 3.52. The fourth-order valence-electron chi connectivity index (χ4n) is 4.00. The summed E-state index contributed by atoms with van der Waals surface area (Å²) in [5.41, 5.74) is 2.04. The van der Waals surface area contributed by atoms with Gasteiger partial charge in [-0.3, -0.25) is 9.78 Å². The molecule has 0 radical (unpaired) electrons. The van der Waals surface area contributed by atoms with Crippen LogP contribution in [0.1, 0.15) is 31.2 Å². The lowest BCUT2D eigenvalue weighted by Crippen LogP contribution is -2.24. The summed E-state index contributed by atoms with van der Waals surface area (Å²) in [6.07, 6.45) is 2.13. The molecule has 7 nitrogen and oxygen atoms in total. The highest BCUT2D eigenvalue weighted by Gasteiger charge is 2.27. The van der Waals surface area contributed by atoms with Crippen LogP contribution in [0.4, 0.5) is 0 Å². The monoisotopic (exact) mass is 388 g/mol. The van der Waals surface area contributed by atoms with Crippen LogP contribution < -0.4 is 16.9 Å². The van der Waals surface area contributed by atoms with Crippen molar-refractivity contribution in [1.82, 2.24) is 18.9 Å². The number of nitrogens with one attached hydrogen (secondary N) is 1. The van der Waals surface area contributed by atoms with Gasteiger partial charge in [-0.15, -0.1) is 0 Å².